The summed E-state index contributed by atoms with van der Waals surface area (Å²) in [4.78, 5) is 43.1. The number of amides is 2. The Morgan fingerprint density at radius 2 is 1.75 bits per heavy atom. The third-order valence-electron chi connectivity index (χ3n) is 4.10. The van der Waals surface area contributed by atoms with Crippen LogP contribution in [0.15, 0.2) is 42.6 Å². The maximum atomic E-state index is 12.7. The molecule has 148 valence electrons. The third-order valence-corrected chi connectivity index (χ3v) is 4.10. The fraction of sp³-hybridized carbons (Fsp3) is 0.333. The molecule has 1 heterocycles. The summed E-state index contributed by atoms with van der Waals surface area (Å²) in [6.07, 6.45) is 3.12. The summed E-state index contributed by atoms with van der Waals surface area (Å²) >= 11 is 0. The number of hydrogen-bond donors (Lipinski definition) is 1. The van der Waals surface area contributed by atoms with E-state index in [1.54, 1.807) is 29.2 Å². The molecule has 0 saturated carbocycles. The number of anilines is 1. The minimum Gasteiger partial charge on any atom is -0.465 e. The van der Waals surface area contributed by atoms with Crippen molar-refractivity contribution in [2.45, 2.75) is 26.7 Å². The van der Waals surface area contributed by atoms with E-state index >= 15 is 0 Å². The maximum absolute atomic E-state index is 12.7. The van der Waals surface area contributed by atoms with Gasteiger partial charge in [0.05, 0.1) is 18.4 Å². The molecule has 2 amide bonds. The predicted octanol–water partition coefficient (Wildman–Crippen LogP) is 3.38. The number of nitrogens with zero attached hydrogens (tertiary/aromatic N) is 2. The molecule has 7 nitrogen and oxygen atoms in total. The number of aromatic nitrogens is 1. The molecule has 1 aromatic carbocycles. The first kappa shape index (κ1) is 21.1. The Morgan fingerprint density at radius 3 is 2.39 bits per heavy atom. The molecule has 0 aliphatic heterocycles. The number of carbonyl (C=O) groups is 3. The lowest BCUT2D eigenvalue weighted by atomic mass is 10.1. The molecule has 0 spiro atoms. The van der Waals surface area contributed by atoms with Gasteiger partial charge < -0.3 is 15.0 Å². The lowest BCUT2D eigenvalue weighted by molar-refractivity contribution is 0.0601. The van der Waals surface area contributed by atoms with E-state index in [1.807, 2.05) is 13.8 Å². The van der Waals surface area contributed by atoms with Crippen LogP contribution >= 0.6 is 0 Å². The van der Waals surface area contributed by atoms with E-state index in [2.05, 4.69) is 10.3 Å². The van der Waals surface area contributed by atoms with E-state index in [0.29, 0.717) is 18.8 Å². The molecule has 0 unspecified atom stereocenters. The highest BCUT2D eigenvalue weighted by Gasteiger charge is 2.19. The quantitative estimate of drug-likeness (QED) is 0.706. The molecule has 0 fully saturated rings. The molecule has 28 heavy (non-hydrogen) atoms. The Kier molecular flexibility index (Phi) is 7.68. The first-order valence-corrected chi connectivity index (χ1v) is 9.25. The second kappa shape index (κ2) is 10.2. The molecule has 0 saturated heterocycles. The number of para-hydroxylation sites is 1. The van der Waals surface area contributed by atoms with Crippen LogP contribution in [0.4, 0.5) is 5.69 Å². The highest BCUT2D eigenvalue weighted by molar-refractivity contribution is 6.08. The molecule has 0 aliphatic carbocycles. The van der Waals surface area contributed by atoms with Gasteiger partial charge in [-0.3, -0.25) is 14.6 Å². The van der Waals surface area contributed by atoms with E-state index in [4.69, 9.17) is 4.74 Å². The zero-order valence-electron chi connectivity index (χ0n) is 16.4. The average Bonchev–Trinajstić information content (AvgIpc) is 2.73. The van der Waals surface area contributed by atoms with Crippen molar-refractivity contribution in [1.82, 2.24) is 9.88 Å². The number of ether oxygens (including phenoxy) is 1. The molecule has 0 bridgehead atoms. The topological polar surface area (TPSA) is 88.6 Å². The number of carbonyl (C=O) groups excluding carboxylic acids is 3. The van der Waals surface area contributed by atoms with Crippen LogP contribution < -0.4 is 5.32 Å². The molecule has 7 heteroatoms. The number of rotatable bonds is 8. The molecule has 0 radical (unpaired) electrons. The summed E-state index contributed by atoms with van der Waals surface area (Å²) < 4.78 is 4.74. The maximum Gasteiger partial charge on any atom is 0.339 e. The Labute approximate surface area is 164 Å². The number of pyridine rings is 1. The molecule has 2 rings (SSSR count). The SMILES string of the molecule is CCCN(CCC)C(=O)c1cc(C(=O)Nc2ccccc2C(=O)OC)ccn1. The fourth-order valence-electron chi connectivity index (χ4n) is 2.78. The minimum absolute atomic E-state index is 0.201. The Bertz CT molecular complexity index is 845. The van der Waals surface area contributed by atoms with Gasteiger partial charge in [-0.05, 0) is 37.1 Å². The monoisotopic (exact) mass is 383 g/mol. The largest absolute Gasteiger partial charge is 0.465 e. The number of hydrogen-bond acceptors (Lipinski definition) is 5. The van der Waals surface area contributed by atoms with Crippen LogP contribution in [0.25, 0.3) is 0 Å². The molecule has 2 aromatic rings. The molecule has 0 aliphatic rings. The van der Waals surface area contributed by atoms with Crippen molar-refractivity contribution >= 4 is 23.5 Å². The smallest absolute Gasteiger partial charge is 0.339 e. The molecule has 1 aromatic heterocycles. The van der Waals surface area contributed by atoms with Gasteiger partial charge in [0.1, 0.15) is 5.69 Å². The van der Waals surface area contributed by atoms with Crippen molar-refractivity contribution < 1.29 is 19.1 Å². The van der Waals surface area contributed by atoms with Crippen molar-refractivity contribution in [3.05, 3.63) is 59.4 Å². The summed E-state index contributed by atoms with van der Waals surface area (Å²) in [5, 5.41) is 2.70. The van der Waals surface area contributed by atoms with Crippen molar-refractivity contribution in [2.75, 3.05) is 25.5 Å². The number of benzene rings is 1. The molecular formula is C21H25N3O4. The van der Waals surface area contributed by atoms with E-state index in [-0.39, 0.29) is 22.7 Å². The summed E-state index contributed by atoms with van der Waals surface area (Å²) in [6.45, 7) is 5.28. The van der Waals surface area contributed by atoms with E-state index in [0.717, 1.165) is 12.8 Å². The van der Waals surface area contributed by atoms with Gasteiger partial charge in [-0.1, -0.05) is 26.0 Å². The van der Waals surface area contributed by atoms with Crippen molar-refractivity contribution in [2.24, 2.45) is 0 Å². The van der Waals surface area contributed by atoms with Crippen LogP contribution in [0, 0.1) is 0 Å². The minimum atomic E-state index is -0.545. The van der Waals surface area contributed by atoms with E-state index in [1.165, 1.54) is 25.4 Å². The van der Waals surface area contributed by atoms with Crippen LogP contribution in [-0.2, 0) is 4.74 Å². The van der Waals surface area contributed by atoms with Gasteiger partial charge in [0.15, 0.2) is 0 Å². The standard InChI is InChI=1S/C21H25N3O4/c1-4-12-24(13-5-2)20(26)18-14-15(10-11-22-18)19(25)23-17-9-7-6-8-16(17)21(27)28-3/h6-11,14H,4-5,12-13H2,1-3H3,(H,23,25). The second-order valence-electron chi connectivity index (χ2n) is 6.21. The summed E-state index contributed by atoms with van der Waals surface area (Å²) in [7, 11) is 1.28. The summed E-state index contributed by atoms with van der Waals surface area (Å²) in [5.74, 6) is -1.19. The predicted molar refractivity (Wildman–Crippen MR) is 106 cm³/mol. The van der Waals surface area contributed by atoms with Crippen molar-refractivity contribution in [1.29, 1.82) is 0 Å². The first-order valence-electron chi connectivity index (χ1n) is 9.25. The van der Waals surface area contributed by atoms with E-state index in [9.17, 15) is 14.4 Å². The van der Waals surface area contributed by atoms with Crippen LogP contribution in [0.5, 0.6) is 0 Å². The lowest BCUT2D eigenvalue weighted by Crippen LogP contribution is -2.33. The lowest BCUT2D eigenvalue weighted by Gasteiger charge is -2.21. The normalized spacial score (nSPS) is 10.2. The molecule has 0 atom stereocenters. The van der Waals surface area contributed by atoms with Crippen molar-refractivity contribution in [3.8, 4) is 0 Å². The van der Waals surface area contributed by atoms with Crippen LogP contribution in [0.2, 0.25) is 0 Å². The summed E-state index contributed by atoms with van der Waals surface area (Å²) in [5.41, 5.74) is 1.09. The zero-order valence-corrected chi connectivity index (χ0v) is 16.4. The fourth-order valence-corrected chi connectivity index (χ4v) is 2.78. The van der Waals surface area contributed by atoms with Crippen LogP contribution in [-0.4, -0.2) is 47.9 Å². The average molecular weight is 383 g/mol. The van der Waals surface area contributed by atoms with Crippen molar-refractivity contribution in [3.63, 3.8) is 0 Å². The van der Waals surface area contributed by atoms with E-state index < -0.39 is 11.9 Å². The highest BCUT2D eigenvalue weighted by Crippen LogP contribution is 2.17. The Hall–Kier alpha value is -3.22. The van der Waals surface area contributed by atoms with Gasteiger partial charge >= 0.3 is 5.97 Å². The first-order chi connectivity index (χ1) is 13.5. The number of methoxy groups -OCH3 is 1. The third kappa shape index (κ3) is 5.16. The van der Waals surface area contributed by atoms with Gasteiger partial charge in [-0.25, -0.2) is 4.79 Å². The van der Waals surface area contributed by atoms with Gasteiger partial charge in [0.2, 0.25) is 0 Å². The van der Waals surface area contributed by atoms with Crippen LogP contribution in [0.3, 0.4) is 0 Å². The highest BCUT2D eigenvalue weighted by atomic mass is 16.5. The molecule has 1 N–H and O–H groups in total. The van der Waals surface area contributed by atoms with Gasteiger partial charge in [0.25, 0.3) is 11.8 Å². The number of esters is 1. The van der Waals surface area contributed by atoms with Gasteiger partial charge in [-0.2, -0.15) is 0 Å². The second-order valence-corrected chi connectivity index (χ2v) is 6.21. The zero-order chi connectivity index (χ0) is 20.5. The number of nitrogens with one attached hydrogen (secondary N) is 1. The molecular weight excluding hydrogens is 358 g/mol. The van der Waals surface area contributed by atoms with Crippen LogP contribution in [0.1, 0.15) is 57.9 Å². The summed E-state index contributed by atoms with van der Waals surface area (Å²) in [6, 6.07) is 9.56. The van der Waals surface area contributed by atoms with Gasteiger partial charge in [0, 0.05) is 24.8 Å². The Morgan fingerprint density at radius 1 is 1.07 bits per heavy atom. The van der Waals surface area contributed by atoms with Gasteiger partial charge in [-0.15, -0.1) is 0 Å². The Balaban J connectivity index is 2.23.